The zero-order valence-electron chi connectivity index (χ0n) is 10.2. The molecule has 19 heavy (non-hydrogen) atoms. The second-order valence-electron chi connectivity index (χ2n) is 4.48. The minimum absolute atomic E-state index is 0.0991. The van der Waals surface area contributed by atoms with Crippen LogP contribution < -0.4 is 0 Å². The Morgan fingerprint density at radius 3 is 2.95 bits per heavy atom. The highest BCUT2D eigenvalue weighted by molar-refractivity contribution is 7.15. The van der Waals surface area contributed by atoms with Crippen LogP contribution in [0.15, 0.2) is 24.5 Å². The summed E-state index contributed by atoms with van der Waals surface area (Å²) in [5.74, 6) is -0.776. The molecule has 5 nitrogen and oxygen atoms in total. The van der Waals surface area contributed by atoms with Crippen LogP contribution in [-0.4, -0.2) is 39.0 Å². The molecule has 0 unspecified atom stereocenters. The molecule has 0 spiro atoms. The maximum absolute atomic E-state index is 10.7. The highest BCUT2D eigenvalue weighted by atomic mass is 32.1. The van der Waals surface area contributed by atoms with E-state index in [9.17, 15) is 4.79 Å². The van der Waals surface area contributed by atoms with Crippen LogP contribution in [0.5, 0.6) is 0 Å². The molecule has 1 aliphatic heterocycles. The number of aromatic nitrogens is 2. The summed E-state index contributed by atoms with van der Waals surface area (Å²) in [7, 11) is 0. The molecule has 3 heterocycles. The Balaban J connectivity index is 1.83. The number of aliphatic carboxylic acids is 1. The number of hydrogen-bond donors (Lipinski definition) is 1. The topological polar surface area (TPSA) is 66.3 Å². The zero-order valence-corrected chi connectivity index (χ0v) is 11.1. The number of carboxylic acid groups (broad SMARTS) is 1. The van der Waals surface area contributed by atoms with Gasteiger partial charge >= 0.3 is 5.97 Å². The maximum Gasteiger partial charge on any atom is 0.317 e. The molecule has 0 aromatic carbocycles. The summed E-state index contributed by atoms with van der Waals surface area (Å²) in [6.45, 7) is 1.55. The summed E-state index contributed by atoms with van der Waals surface area (Å²) in [6.07, 6.45) is 4.34. The minimum atomic E-state index is -0.776. The van der Waals surface area contributed by atoms with Crippen LogP contribution in [0.2, 0.25) is 0 Å². The van der Waals surface area contributed by atoms with Gasteiger partial charge < -0.3 is 5.11 Å². The van der Waals surface area contributed by atoms with Crippen molar-refractivity contribution in [3.05, 3.63) is 35.1 Å². The second kappa shape index (κ2) is 5.07. The summed E-state index contributed by atoms with van der Waals surface area (Å²) >= 11 is 1.65. The van der Waals surface area contributed by atoms with Crippen LogP contribution in [0.4, 0.5) is 0 Å². The lowest BCUT2D eigenvalue weighted by Crippen LogP contribution is -2.34. The smallest absolute Gasteiger partial charge is 0.317 e. The predicted molar refractivity (Wildman–Crippen MR) is 72.0 cm³/mol. The molecule has 1 N–H and O–H groups in total. The first-order valence-electron chi connectivity index (χ1n) is 6.05. The molecule has 0 amide bonds. The van der Waals surface area contributed by atoms with E-state index in [2.05, 4.69) is 9.97 Å². The molecule has 3 rings (SSSR count). The van der Waals surface area contributed by atoms with Gasteiger partial charge in [-0.05, 0) is 12.1 Å². The summed E-state index contributed by atoms with van der Waals surface area (Å²) in [4.78, 5) is 22.5. The van der Waals surface area contributed by atoms with Gasteiger partial charge in [0, 0.05) is 42.3 Å². The van der Waals surface area contributed by atoms with Gasteiger partial charge in [0.2, 0.25) is 0 Å². The first-order valence-corrected chi connectivity index (χ1v) is 6.87. The van der Waals surface area contributed by atoms with Crippen molar-refractivity contribution in [3.8, 4) is 10.6 Å². The molecule has 0 fully saturated rings. The van der Waals surface area contributed by atoms with E-state index in [1.165, 1.54) is 4.88 Å². The van der Waals surface area contributed by atoms with E-state index >= 15 is 0 Å². The molecule has 2 aromatic heterocycles. The van der Waals surface area contributed by atoms with Crippen molar-refractivity contribution in [1.29, 1.82) is 0 Å². The third kappa shape index (κ3) is 2.64. The maximum atomic E-state index is 10.7. The predicted octanol–water partition coefficient (Wildman–Crippen LogP) is 1.65. The molecule has 6 heteroatoms. The zero-order chi connectivity index (χ0) is 13.2. The Bertz CT molecular complexity index is 597. The van der Waals surface area contributed by atoms with Crippen molar-refractivity contribution in [2.24, 2.45) is 0 Å². The first kappa shape index (κ1) is 12.3. The molecule has 0 saturated carbocycles. The lowest BCUT2D eigenvalue weighted by atomic mass is 10.2. The number of carbonyl (C=O) groups is 1. The average molecular weight is 275 g/mol. The first-order chi connectivity index (χ1) is 9.22. The van der Waals surface area contributed by atoms with Crippen molar-refractivity contribution >= 4 is 17.3 Å². The number of pyridine rings is 1. The standard InChI is InChI=1S/C13H13N3O2S/c17-12(18)8-16-6-3-10-11(7-16)19-13(15-10)9-1-4-14-5-2-9/h1-2,4-5H,3,6-8H2,(H,17,18). The number of thiazole rings is 1. The van der Waals surface area contributed by atoms with Gasteiger partial charge in [0.25, 0.3) is 0 Å². The average Bonchev–Trinajstić information content (AvgIpc) is 2.82. The molecule has 0 radical (unpaired) electrons. The molecule has 1 aliphatic rings. The molecular weight excluding hydrogens is 262 g/mol. The molecular formula is C13H13N3O2S. The second-order valence-corrected chi connectivity index (χ2v) is 5.56. The van der Waals surface area contributed by atoms with E-state index in [4.69, 9.17) is 5.11 Å². The normalized spacial score (nSPS) is 15.2. The number of rotatable bonds is 3. The Morgan fingerprint density at radius 1 is 1.42 bits per heavy atom. The van der Waals surface area contributed by atoms with Crippen LogP contribution in [0.1, 0.15) is 10.6 Å². The fourth-order valence-corrected chi connectivity index (χ4v) is 3.35. The monoisotopic (exact) mass is 275 g/mol. The fraction of sp³-hybridized carbons (Fsp3) is 0.308. The molecule has 0 aliphatic carbocycles. The van der Waals surface area contributed by atoms with E-state index in [1.807, 2.05) is 17.0 Å². The van der Waals surface area contributed by atoms with Crippen LogP contribution in [0.25, 0.3) is 10.6 Å². The van der Waals surface area contributed by atoms with Crippen LogP contribution in [0, 0.1) is 0 Å². The third-order valence-electron chi connectivity index (χ3n) is 3.10. The molecule has 0 bridgehead atoms. The van der Waals surface area contributed by atoms with Crippen molar-refractivity contribution in [2.75, 3.05) is 13.1 Å². The van der Waals surface area contributed by atoms with Gasteiger partial charge in [0.05, 0.1) is 12.2 Å². The number of hydrogen-bond acceptors (Lipinski definition) is 5. The van der Waals surface area contributed by atoms with E-state index in [-0.39, 0.29) is 6.54 Å². The number of carboxylic acids is 1. The Labute approximate surface area is 114 Å². The van der Waals surface area contributed by atoms with Crippen molar-refractivity contribution in [3.63, 3.8) is 0 Å². The lowest BCUT2D eigenvalue weighted by molar-refractivity contribution is -0.138. The summed E-state index contributed by atoms with van der Waals surface area (Å²) in [6, 6.07) is 3.89. The summed E-state index contributed by atoms with van der Waals surface area (Å²) < 4.78 is 0. The Kier molecular flexibility index (Phi) is 3.27. The van der Waals surface area contributed by atoms with Gasteiger partial charge in [-0.1, -0.05) is 0 Å². The SMILES string of the molecule is O=C(O)CN1CCc2nc(-c3ccncc3)sc2C1. The van der Waals surface area contributed by atoms with E-state index in [1.54, 1.807) is 23.7 Å². The summed E-state index contributed by atoms with van der Waals surface area (Å²) in [5.41, 5.74) is 2.18. The van der Waals surface area contributed by atoms with Gasteiger partial charge in [-0.2, -0.15) is 0 Å². The number of fused-ring (bicyclic) bond motifs is 1. The fourth-order valence-electron chi connectivity index (χ4n) is 2.19. The molecule has 2 aromatic rings. The van der Waals surface area contributed by atoms with Gasteiger partial charge in [0.15, 0.2) is 0 Å². The lowest BCUT2D eigenvalue weighted by Gasteiger charge is -2.23. The van der Waals surface area contributed by atoms with Crippen molar-refractivity contribution in [2.45, 2.75) is 13.0 Å². The van der Waals surface area contributed by atoms with E-state index in [0.717, 1.165) is 29.2 Å². The van der Waals surface area contributed by atoms with E-state index < -0.39 is 5.97 Å². The molecule has 98 valence electrons. The minimum Gasteiger partial charge on any atom is -0.480 e. The third-order valence-corrected chi connectivity index (χ3v) is 4.23. The Morgan fingerprint density at radius 2 is 2.21 bits per heavy atom. The van der Waals surface area contributed by atoms with Gasteiger partial charge in [-0.3, -0.25) is 14.7 Å². The van der Waals surface area contributed by atoms with Crippen LogP contribution in [0.3, 0.4) is 0 Å². The largest absolute Gasteiger partial charge is 0.480 e. The number of nitrogens with zero attached hydrogens (tertiary/aromatic N) is 3. The van der Waals surface area contributed by atoms with Gasteiger partial charge in [-0.25, -0.2) is 4.98 Å². The Hall–Kier alpha value is -1.79. The van der Waals surface area contributed by atoms with E-state index in [0.29, 0.717) is 6.54 Å². The molecule has 0 atom stereocenters. The quantitative estimate of drug-likeness (QED) is 0.922. The van der Waals surface area contributed by atoms with Gasteiger partial charge in [-0.15, -0.1) is 11.3 Å². The van der Waals surface area contributed by atoms with Crippen LogP contribution >= 0.6 is 11.3 Å². The molecule has 0 saturated heterocycles. The highest BCUT2D eigenvalue weighted by Crippen LogP contribution is 2.31. The van der Waals surface area contributed by atoms with Crippen LogP contribution in [-0.2, 0) is 17.8 Å². The van der Waals surface area contributed by atoms with Crippen molar-refractivity contribution < 1.29 is 9.90 Å². The highest BCUT2D eigenvalue weighted by Gasteiger charge is 2.22. The summed E-state index contributed by atoms with van der Waals surface area (Å²) in [5, 5.41) is 9.83. The van der Waals surface area contributed by atoms with Crippen molar-refractivity contribution in [1.82, 2.24) is 14.9 Å². The van der Waals surface area contributed by atoms with Gasteiger partial charge in [0.1, 0.15) is 5.01 Å².